The van der Waals surface area contributed by atoms with Crippen molar-refractivity contribution in [2.75, 3.05) is 0 Å². The Labute approximate surface area is 339 Å². The molecule has 1 unspecified atom stereocenters. The maximum atomic E-state index is 10.3. The van der Waals surface area contributed by atoms with Crippen LogP contribution in [0.5, 0.6) is 0 Å². The molecule has 0 rings (SSSR count). The normalized spacial score (nSPS) is 10.9. The molecule has 0 aromatic carbocycles. The van der Waals surface area contributed by atoms with Crippen LogP contribution in [0.15, 0.2) is 0 Å². The maximum Gasteiger partial charge on any atom is 0.303 e. The van der Waals surface area contributed by atoms with Crippen molar-refractivity contribution in [2.45, 2.75) is 271 Å². The van der Waals surface area contributed by atoms with Crippen molar-refractivity contribution in [1.29, 1.82) is 0 Å². The highest BCUT2D eigenvalue weighted by Gasteiger charge is 2.04. The van der Waals surface area contributed by atoms with Gasteiger partial charge in [-0.3, -0.25) is 19.2 Å². The molecule has 0 bridgehead atoms. The molecule has 9 heteroatoms. The third kappa shape index (κ3) is 73.6. The number of aliphatic hydroxyl groups is 1. The molecule has 0 aliphatic heterocycles. The van der Waals surface area contributed by atoms with Crippen molar-refractivity contribution >= 4 is 23.9 Å². The van der Waals surface area contributed by atoms with Crippen LogP contribution < -0.4 is 0 Å². The van der Waals surface area contributed by atoms with Gasteiger partial charge in [0.15, 0.2) is 0 Å². The Morgan fingerprint density at radius 2 is 0.455 bits per heavy atom. The molecular formula is C46H92O9. The minimum absolute atomic E-state index is 0.108. The molecule has 0 spiro atoms. The number of unbranched alkanes of at least 4 members (excludes halogenated alkanes) is 26. The zero-order chi connectivity index (χ0) is 42.0. The SMILES string of the molecule is CCCCCCC(O)CCCCCCCCC(=O)O.CCCCCCCCCC(=O)O.CCCCCCCCCC(=O)O.CCCCCCCCCC(=O)O. The van der Waals surface area contributed by atoms with Gasteiger partial charge in [0, 0.05) is 25.7 Å². The summed E-state index contributed by atoms with van der Waals surface area (Å²) in [6.07, 6.45) is 39.3. The standard InChI is InChI=1S/C16H32O3.3C10H20O2/c1-2-3-4-9-12-15(17)13-10-7-5-6-8-11-14-16(18)19;3*1-2-3-4-5-6-7-8-9-10(11)12/h15,17H,2-14H2,1H3,(H,18,19);3*2-9H2,1H3,(H,11,12). The van der Waals surface area contributed by atoms with Gasteiger partial charge in [-0.05, 0) is 38.5 Å². The van der Waals surface area contributed by atoms with Crippen LogP contribution in [-0.4, -0.2) is 55.5 Å². The third-order valence-corrected chi connectivity index (χ3v) is 9.55. The fraction of sp³-hybridized carbons (Fsp3) is 0.913. The summed E-state index contributed by atoms with van der Waals surface area (Å²) in [6.45, 7) is 8.80. The molecule has 0 aliphatic rings. The summed E-state index contributed by atoms with van der Waals surface area (Å²) < 4.78 is 0. The maximum absolute atomic E-state index is 10.3. The van der Waals surface area contributed by atoms with Crippen LogP contribution in [0, 0.1) is 0 Å². The highest BCUT2D eigenvalue weighted by atomic mass is 16.4. The molecule has 0 fully saturated rings. The summed E-state index contributed by atoms with van der Waals surface area (Å²) >= 11 is 0. The van der Waals surface area contributed by atoms with Crippen LogP contribution >= 0.6 is 0 Å². The van der Waals surface area contributed by atoms with Gasteiger partial charge in [0.05, 0.1) is 6.10 Å². The van der Waals surface area contributed by atoms with E-state index in [4.69, 9.17) is 20.4 Å². The van der Waals surface area contributed by atoms with E-state index in [1.54, 1.807) is 0 Å². The smallest absolute Gasteiger partial charge is 0.303 e. The van der Waals surface area contributed by atoms with E-state index in [2.05, 4.69) is 27.7 Å². The van der Waals surface area contributed by atoms with Gasteiger partial charge in [-0.2, -0.15) is 0 Å². The average Bonchev–Trinajstić information content (AvgIpc) is 3.14. The Kier molecular flexibility index (Phi) is 58.4. The highest BCUT2D eigenvalue weighted by Crippen LogP contribution is 2.14. The lowest BCUT2D eigenvalue weighted by atomic mass is 10.0. The molecule has 55 heavy (non-hydrogen) atoms. The number of rotatable bonds is 38. The zero-order valence-corrected chi connectivity index (χ0v) is 36.6. The van der Waals surface area contributed by atoms with Crippen LogP contribution in [-0.2, 0) is 19.2 Å². The molecule has 330 valence electrons. The van der Waals surface area contributed by atoms with Crippen molar-refractivity contribution < 1.29 is 44.7 Å². The van der Waals surface area contributed by atoms with Gasteiger partial charge in [-0.25, -0.2) is 0 Å². The summed E-state index contributed by atoms with van der Waals surface area (Å²) in [6, 6.07) is 0. The quantitative estimate of drug-likeness (QED) is 0.0382. The third-order valence-electron chi connectivity index (χ3n) is 9.55. The fourth-order valence-electron chi connectivity index (χ4n) is 6.01. The summed E-state index contributed by atoms with van der Waals surface area (Å²) in [5, 5.41) is 43.3. The largest absolute Gasteiger partial charge is 0.481 e. The van der Waals surface area contributed by atoms with Gasteiger partial charge in [-0.15, -0.1) is 0 Å². The second-order valence-corrected chi connectivity index (χ2v) is 15.4. The molecule has 0 aliphatic carbocycles. The molecular weight excluding hydrogens is 696 g/mol. The summed E-state index contributed by atoms with van der Waals surface area (Å²) in [4.78, 5) is 40.7. The van der Waals surface area contributed by atoms with E-state index < -0.39 is 23.9 Å². The molecule has 0 radical (unpaired) electrons. The van der Waals surface area contributed by atoms with Gasteiger partial charge in [-0.1, -0.05) is 201 Å². The fourth-order valence-corrected chi connectivity index (χ4v) is 6.01. The van der Waals surface area contributed by atoms with E-state index in [0.29, 0.717) is 25.7 Å². The van der Waals surface area contributed by atoms with Gasteiger partial charge < -0.3 is 25.5 Å². The van der Waals surface area contributed by atoms with Gasteiger partial charge in [0.2, 0.25) is 0 Å². The number of hydrogen-bond donors (Lipinski definition) is 5. The van der Waals surface area contributed by atoms with Crippen molar-refractivity contribution in [2.24, 2.45) is 0 Å². The van der Waals surface area contributed by atoms with Crippen LogP contribution in [0.25, 0.3) is 0 Å². The van der Waals surface area contributed by atoms with Crippen molar-refractivity contribution in [3.63, 3.8) is 0 Å². The topological polar surface area (TPSA) is 169 Å². The van der Waals surface area contributed by atoms with Crippen LogP contribution in [0.2, 0.25) is 0 Å². The molecule has 5 N–H and O–H groups in total. The molecule has 9 nitrogen and oxygen atoms in total. The number of aliphatic hydroxyl groups excluding tert-OH is 1. The monoisotopic (exact) mass is 789 g/mol. The van der Waals surface area contributed by atoms with Gasteiger partial charge in [0.25, 0.3) is 0 Å². The molecule has 0 aromatic heterocycles. The molecule has 0 saturated heterocycles. The molecule has 0 saturated carbocycles. The van der Waals surface area contributed by atoms with E-state index in [9.17, 15) is 24.3 Å². The lowest BCUT2D eigenvalue weighted by Gasteiger charge is -2.09. The van der Waals surface area contributed by atoms with Crippen molar-refractivity contribution in [1.82, 2.24) is 0 Å². The molecule has 1 atom stereocenters. The second kappa shape index (κ2) is 53.9. The predicted molar refractivity (Wildman–Crippen MR) is 230 cm³/mol. The summed E-state index contributed by atoms with van der Waals surface area (Å²) in [5.74, 6) is -2.68. The first-order valence-electron chi connectivity index (χ1n) is 23.0. The number of carboxylic acid groups (broad SMARTS) is 4. The van der Waals surface area contributed by atoms with E-state index in [0.717, 1.165) is 83.5 Å². The molecule has 0 amide bonds. The first-order chi connectivity index (χ1) is 26.5. The molecule has 0 heterocycles. The Bertz CT molecular complexity index is 721. The number of carbonyl (C=O) groups is 4. The van der Waals surface area contributed by atoms with Crippen LogP contribution in [0.3, 0.4) is 0 Å². The second-order valence-electron chi connectivity index (χ2n) is 15.4. The highest BCUT2D eigenvalue weighted by molar-refractivity contribution is 5.67. The van der Waals surface area contributed by atoms with Crippen LogP contribution in [0.4, 0.5) is 0 Å². The Morgan fingerprint density at radius 1 is 0.291 bits per heavy atom. The minimum Gasteiger partial charge on any atom is -0.481 e. The number of carboxylic acids is 4. The Hall–Kier alpha value is -2.16. The Morgan fingerprint density at radius 3 is 0.655 bits per heavy atom. The van der Waals surface area contributed by atoms with Gasteiger partial charge >= 0.3 is 23.9 Å². The Balaban J connectivity index is -0.000000323. The zero-order valence-electron chi connectivity index (χ0n) is 36.6. The van der Waals surface area contributed by atoms with Crippen LogP contribution in [0.1, 0.15) is 265 Å². The summed E-state index contributed by atoms with van der Waals surface area (Å²) in [7, 11) is 0. The first-order valence-corrected chi connectivity index (χ1v) is 23.0. The van der Waals surface area contributed by atoms with E-state index in [-0.39, 0.29) is 6.10 Å². The first kappa shape index (κ1) is 59.5. The predicted octanol–water partition coefficient (Wildman–Crippen LogP) is 14.2. The van der Waals surface area contributed by atoms with E-state index in [1.807, 2.05) is 0 Å². The lowest BCUT2D eigenvalue weighted by molar-refractivity contribution is -0.138. The number of aliphatic carboxylic acids is 4. The summed E-state index contributed by atoms with van der Waals surface area (Å²) in [5.41, 5.74) is 0. The van der Waals surface area contributed by atoms with Crippen molar-refractivity contribution in [3.05, 3.63) is 0 Å². The molecule has 0 aromatic rings. The number of hydrogen-bond acceptors (Lipinski definition) is 5. The van der Waals surface area contributed by atoms with Gasteiger partial charge in [0.1, 0.15) is 0 Å². The van der Waals surface area contributed by atoms with Crippen molar-refractivity contribution in [3.8, 4) is 0 Å². The van der Waals surface area contributed by atoms with E-state index in [1.165, 1.54) is 128 Å². The van der Waals surface area contributed by atoms with E-state index >= 15 is 0 Å². The lowest BCUT2D eigenvalue weighted by Crippen LogP contribution is -2.05. The minimum atomic E-state index is -0.689. The average molecular weight is 789 g/mol.